The van der Waals surface area contributed by atoms with Crippen molar-refractivity contribution in [2.45, 2.75) is 5.75 Å². The molecule has 0 aliphatic rings. The summed E-state index contributed by atoms with van der Waals surface area (Å²) in [6.45, 7) is 0. The number of hydrogen-bond acceptors (Lipinski definition) is 4. The molecule has 84 valence electrons. The number of benzene rings is 1. The Balaban J connectivity index is 3.18. The van der Waals surface area contributed by atoms with Crippen molar-refractivity contribution in [3.63, 3.8) is 0 Å². The van der Waals surface area contributed by atoms with Crippen LogP contribution in [0.1, 0.15) is 5.56 Å². The minimum atomic E-state index is -3.60. The van der Waals surface area contributed by atoms with E-state index in [0.29, 0.717) is 17.1 Å². The van der Waals surface area contributed by atoms with Crippen LogP contribution in [0.2, 0.25) is 0 Å². The number of para-hydroxylation sites is 1. The lowest BCUT2D eigenvalue weighted by atomic mass is 10.2. The molecule has 0 bridgehead atoms. The summed E-state index contributed by atoms with van der Waals surface area (Å²) in [6, 6.07) is 4.99. The Morgan fingerprint density at radius 3 is 2.40 bits per heavy atom. The quantitative estimate of drug-likeness (QED) is 0.765. The van der Waals surface area contributed by atoms with Gasteiger partial charge in [-0.2, -0.15) is 0 Å². The molecule has 0 atom stereocenters. The van der Waals surface area contributed by atoms with Crippen molar-refractivity contribution in [3.05, 3.63) is 23.8 Å². The zero-order chi connectivity index (χ0) is 11.5. The van der Waals surface area contributed by atoms with E-state index in [1.807, 2.05) is 0 Å². The number of methoxy groups -OCH3 is 2. The maximum absolute atomic E-state index is 10.9. The lowest BCUT2D eigenvalue weighted by Crippen LogP contribution is -2.00. The van der Waals surface area contributed by atoms with Crippen LogP contribution in [0.15, 0.2) is 18.2 Å². The molecule has 0 N–H and O–H groups in total. The van der Waals surface area contributed by atoms with Gasteiger partial charge in [0.05, 0.1) is 20.0 Å². The van der Waals surface area contributed by atoms with Gasteiger partial charge in [0.1, 0.15) is 0 Å². The van der Waals surface area contributed by atoms with Crippen molar-refractivity contribution in [2.75, 3.05) is 14.2 Å². The molecular weight excluding hydrogens is 240 g/mol. The van der Waals surface area contributed by atoms with E-state index in [2.05, 4.69) is 0 Å². The molecule has 0 aliphatic heterocycles. The third-order valence-electron chi connectivity index (χ3n) is 1.81. The second-order valence-electron chi connectivity index (χ2n) is 2.84. The highest BCUT2D eigenvalue weighted by Crippen LogP contribution is 2.32. The van der Waals surface area contributed by atoms with Crippen LogP contribution in [0.3, 0.4) is 0 Å². The smallest absolute Gasteiger partial charge is 0.236 e. The Morgan fingerprint density at radius 2 is 1.93 bits per heavy atom. The van der Waals surface area contributed by atoms with Gasteiger partial charge in [0, 0.05) is 16.2 Å². The second-order valence-corrected chi connectivity index (χ2v) is 5.61. The summed E-state index contributed by atoms with van der Waals surface area (Å²) in [7, 11) is 4.50. The molecule has 1 rings (SSSR count). The van der Waals surface area contributed by atoms with Crippen molar-refractivity contribution in [2.24, 2.45) is 0 Å². The molecule has 0 unspecified atom stereocenters. The first-order chi connectivity index (χ1) is 6.98. The molecule has 4 nitrogen and oxygen atoms in total. The van der Waals surface area contributed by atoms with E-state index in [4.69, 9.17) is 20.2 Å². The largest absolute Gasteiger partial charge is 0.493 e. The average molecular weight is 251 g/mol. The third-order valence-corrected chi connectivity index (χ3v) is 2.80. The first kappa shape index (κ1) is 12.1. The Morgan fingerprint density at radius 1 is 1.27 bits per heavy atom. The van der Waals surface area contributed by atoms with Crippen molar-refractivity contribution >= 4 is 19.7 Å². The molecular formula is C9H11ClO4S. The van der Waals surface area contributed by atoms with Crippen LogP contribution in [-0.4, -0.2) is 22.6 Å². The zero-order valence-corrected chi connectivity index (χ0v) is 9.93. The molecule has 15 heavy (non-hydrogen) atoms. The second kappa shape index (κ2) is 4.72. The first-order valence-electron chi connectivity index (χ1n) is 4.10. The number of rotatable bonds is 4. The minimum Gasteiger partial charge on any atom is -0.493 e. The van der Waals surface area contributed by atoms with Gasteiger partial charge >= 0.3 is 0 Å². The maximum atomic E-state index is 10.9. The molecule has 0 spiro atoms. The van der Waals surface area contributed by atoms with E-state index in [1.165, 1.54) is 14.2 Å². The van der Waals surface area contributed by atoms with Gasteiger partial charge in [0.15, 0.2) is 11.5 Å². The lowest BCUT2D eigenvalue weighted by Gasteiger charge is -2.11. The normalized spacial score (nSPS) is 11.1. The highest BCUT2D eigenvalue weighted by Gasteiger charge is 2.15. The van der Waals surface area contributed by atoms with E-state index in [0.717, 1.165) is 0 Å². The Kier molecular flexibility index (Phi) is 3.82. The van der Waals surface area contributed by atoms with E-state index < -0.39 is 9.05 Å². The fourth-order valence-electron chi connectivity index (χ4n) is 1.25. The fourth-order valence-corrected chi connectivity index (χ4v) is 2.20. The third kappa shape index (κ3) is 3.28. The predicted molar refractivity (Wildman–Crippen MR) is 58.0 cm³/mol. The van der Waals surface area contributed by atoms with Crippen molar-refractivity contribution in [3.8, 4) is 11.5 Å². The predicted octanol–water partition coefficient (Wildman–Crippen LogP) is 1.77. The van der Waals surface area contributed by atoms with E-state index in [9.17, 15) is 8.42 Å². The molecule has 0 saturated heterocycles. The SMILES string of the molecule is COc1cccc(CS(=O)(=O)Cl)c1OC. The highest BCUT2D eigenvalue weighted by molar-refractivity contribution is 8.13. The van der Waals surface area contributed by atoms with E-state index in [-0.39, 0.29) is 5.75 Å². The fraction of sp³-hybridized carbons (Fsp3) is 0.333. The molecule has 0 amide bonds. The molecule has 0 saturated carbocycles. The van der Waals surface area contributed by atoms with Gasteiger partial charge in [0.25, 0.3) is 0 Å². The standard InChI is InChI=1S/C9H11ClO4S/c1-13-8-5-3-4-7(9(8)14-2)6-15(10,11)12/h3-5H,6H2,1-2H3. The minimum absolute atomic E-state index is 0.283. The summed E-state index contributed by atoms with van der Waals surface area (Å²) in [4.78, 5) is 0. The van der Waals surface area contributed by atoms with Crippen molar-refractivity contribution in [1.29, 1.82) is 0 Å². The molecule has 1 aromatic carbocycles. The monoisotopic (exact) mass is 250 g/mol. The molecule has 0 fully saturated rings. The molecule has 0 aliphatic carbocycles. The van der Waals surface area contributed by atoms with Gasteiger partial charge in [0.2, 0.25) is 9.05 Å². The summed E-state index contributed by atoms with van der Waals surface area (Å²) >= 11 is 0. The lowest BCUT2D eigenvalue weighted by molar-refractivity contribution is 0.352. The number of halogens is 1. The Labute approximate surface area is 93.2 Å². The summed E-state index contributed by atoms with van der Waals surface area (Å²) in [5.41, 5.74) is 0.479. The van der Waals surface area contributed by atoms with Crippen LogP contribution < -0.4 is 9.47 Å². The van der Waals surface area contributed by atoms with Crippen LogP contribution in [0.4, 0.5) is 0 Å². The maximum Gasteiger partial charge on any atom is 0.236 e. The van der Waals surface area contributed by atoms with Gasteiger partial charge in [-0.05, 0) is 6.07 Å². The molecule has 0 radical (unpaired) electrons. The van der Waals surface area contributed by atoms with E-state index in [1.54, 1.807) is 18.2 Å². The Hall–Kier alpha value is -0.940. The van der Waals surface area contributed by atoms with Gasteiger partial charge < -0.3 is 9.47 Å². The summed E-state index contributed by atoms with van der Waals surface area (Å²) < 4.78 is 32.0. The van der Waals surface area contributed by atoms with Crippen LogP contribution in [0.5, 0.6) is 11.5 Å². The zero-order valence-electron chi connectivity index (χ0n) is 8.36. The van der Waals surface area contributed by atoms with Crippen LogP contribution in [-0.2, 0) is 14.8 Å². The molecule has 1 aromatic rings. The number of hydrogen-bond donors (Lipinski definition) is 0. The van der Waals surface area contributed by atoms with Crippen molar-refractivity contribution in [1.82, 2.24) is 0 Å². The topological polar surface area (TPSA) is 52.6 Å². The molecule has 0 aromatic heterocycles. The summed E-state index contributed by atoms with van der Waals surface area (Å²) in [5.74, 6) is 0.592. The number of ether oxygens (including phenoxy) is 2. The molecule has 6 heteroatoms. The van der Waals surface area contributed by atoms with Crippen LogP contribution in [0.25, 0.3) is 0 Å². The Bertz CT molecular complexity index is 441. The van der Waals surface area contributed by atoms with Gasteiger partial charge in [-0.3, -0.25) is 0 Å². The van der Waals surface area contributed by atoms with Gasteiger partial charge in [-0.1, -0.05) is 12.1 Å². The first-order valence-corrected chi connectivity index (χ1v) is 6.58. The highest BCUT2D eigenvalue weighted by atomic mass is 35.7. The van der Waals surface area contributed by atoms with Gasteiger partial charge in [-0.25, -0.2) is 8.42 Å². The van der Waals surface area contributed by atoms with Crippen LogP contribution in [0, 0.1) is 0 Å². The summed E-state index contributed by atoms with van der Waals surface area (Å²) in [5, 5.41) is 0. The van der Waals surface area contributed by atoms with Crippen LogP contribution >= 0.6 is 10.7 Å². The van der Waals surface area contributed by atoms with E-state index >= 15 is 0 Å². The average Bonchev–Trinajstić information content (AvgIpc) is 2.15. The molecule has 0 heterocycles. The van der Waals surface area contributed by atoms with Crippen molar-refractivity contribution < 1.29 is 17.9 Å². The summed E-state index contributed by atoms with van der Waals surface area (Å²) in [6.07, 6.45) is 0. The van der Waals surface area contributed by atoms with Gasteiger partial charge in [-0.15, -0.1) is 0 Å².